The number of carbonyl (C=O) groups excluding carboxylic acids is 2. The molecule has 7 nitrogen and oxygen atoms in total. The molecule has 1 aromatic heterocycles. The Kier molecular flexibility index (Phi) is 6.10. The van der Waals surface area contributed by atoms with Crippen LogP contribution in [0.5, 0.6) is 5.75 Å². The summed E-state index contributed by atoms with van der Waals surface area (Å²) in [5.41, 5.74) is 2.25. The van der Waals surface area contributed by atoms with Gasteiger partial charge in [0.05, 0.1) is 17.7 Å². The Bertz CT molecular complexity index is 1270. The molecule has 0 fully saturated rings. The van der Waals surface area contributed by atoms with E-state index >= 15 is 0 Å². The first kappa shape index (κ1) is 21.0. The number of amidine groups is 1. The first-order valence-electron chi connectivity index (χ1n) is 9.69. The molecule has 0 radical (unpaired) electrons. The van der Waals surface area contributed by atoms with E-state index in [1.165, 1.54) is 11.3 Å². The minimum absolute atomic E-state index is 0.119. The first-order valence-corrected chi connectivity index (χ1v) is 10.6. The second-order valence-electron chi connectivity index (χ2n) is 6.80. The molecule has 2 N–H and O–H groups in total. The standard InChI is InChI=1S/C24H18N4O3S/c1-31-16-10-8-15(9-11-16)14-26-23(29)19(13-25)21-17-5-2-3-6-18(17)22(27-21)28-24(30)20-7-4-12-32-20/h2-12H,14H2,1H3,(H,26,29)(H,27,28,30). The SMILES string of the molecule is COc1ccc(CNC(=O)C(C#N)=C2N=C(NC(=O)c3cccs3)c3ccccc32)cc1. The molecule has 158 valence electrons. The number of nitrogens with zero attached hydrogens (tertiary/aromatic N) is 2. The van der Waals surface area contributed by atoms with Crippen LogP contribution in [-0.2, 0) is 11.3 Å². The molecule has 0 aliphatic carbocycles. The highest BCUT2D eigenvalue weighted by Crippen LogP contribution is 2.30. The third-order valence-corrected chi connectivity index (χ3v) is 5.69. The Balaban J connectivity index is 1.59. The minimum atomic E-state index is -0.539. The van der Waals surface area contributed by atoms with Crippen molar-refractivity contribution in [3.63, 3.8) is 0 Å². The molecule has 32 heavy (non-hydrogen) atoms. The quantitative estimate of drug-likeness (QED) is 0.466. The van der Waals surface area contributed by atoms with E-state index in [9.17, 15) is 14.9 Å². The highest BCUT2D eigenvalue weighted by molar-refractivity contribution is 7.12. The molecule has 0 spiro atoms. The van der Waals surface area contributed by atoms with Gasteiger partial charge in [0.25, 0.3) is 11.8 Å². The van der Waals surface area contributed by atoms with Crippen molar-refractivity contribution in [3.05, 3.63) is 93.2 Å². The second kappa shape index (κ2) is 9.29. The third-order valence-electron chi connectivity index (χ3n) is 4.83. The number of nitriles is 1. The van der Waals surface area contributed by atoms with Crippen LogP contribution >= 0.6 is 11.3 Å². The molecule has 0 bridgehead atoms. The molecule has 2 heterocycles. The lowest BCUT2D eigenvalue weighted by Gasteiger charge is -2.07. The summed E-state index contributed by atoms with van der Waals surface area (Å²) in [5.74, 6) is 0.193. The summed E-state index contributed by atoms with van der Waals surface area (Å²) in [7, 11) is 1.58. The molecule has 0 saturated carbocycles. The van der Waals surface area contributed by atoms with E-state index in [4.69, 9.17) is 4.74 Å². The number of amides is 2. The van der Waals surface area contributed by atoms with Gasteiger partial charge in [0, 0.05) is 17.7 Å². The predicted molar refractivity (Wildman–Crippen MR) is 122 cm³/mol. The zero-order chi connectivity index (χ0) is 22.5. The lowest BCUT2D eigenvalue weighted by atomic mass is 10.0. The van der Waals surface area contributed by atoms with E-state index in [1.807, 2.05) is 29.6 Å². The van der Waals surface area contributed by atoms with E-state index in [0.717, 1.165) is 5.56 Å². The molecule has 8 heteroatoms. The summed E-state index contributed by atoms with van der Waals surface area (Å²) < 4.78 is 5.13. The summed E-state index contributed by atoms with van der Waals surface area (Å²) in [6, 6.07) is 19.9. The van der Waals surface area contributed by atoms with Crippen molar-refractivity contribution in [3.8, 4) is 11.8 Å². The molecule has 2 aromatic carbocycles. The van der Waals surface area contributed by atoms with Crippen molar-refractivity contribution in [2.75, 3.05) is 7.11 Å². The summed E-state index contributed by atoms with van der Waals surface area (Å²) in [6.45, 7) is 0.245. The number of hydrogen-bond donors (Lipinski definition) is 2. The largest absolute Gasteiger partial charge is 0.497 e. The Morgan fingerprint density at radius 1 is 1.06 bits per heavy atom. The van der Waals surface area contributed by atoms with Crippen molar-refractivity contribution in [2.45, 2.75) is 6.54 Å². The number of thiophene rings is 1. The number of carbonyl (C=O) groups is 2. The monoisotopic (exact) mass is 442 g/mol. The molecule has 1 aliphatic rings. The first-order chi connectivity index (χ1) is 15.6. The van der Waals surface area contributed by atoms with Crippen molar-refractivity contribution in [2.24, 2.45) is 4.99 Å². The lowest BCUT2D eigenvalue weighted by molar-refractivity contribution is -0.117. The number of aliphatic imine (C=N–C) groups is 1. The molecular formula is C24H18N4O3S. The number of ether oxygens (including phenoxy) is 1. The number of benzene rings is 2. The van der Waals surface area contributed by atoms with Crippen LogP contribution in [0.1, 0.15) is 26.4 Å². The van der Waals surface area contributed by atoms with Gasteiger partial charge in [-0.1, -0.05) is 42.5 Å². The van der Waals surface area contributed by atoms with Crippen LogP contribution in [0.15, 0.2) is 76.6 Å². The summed E-state index contributed by atoms with van der Waals surface area (Å²) in [4.78, 5) is 30.3. The zero-order valence-corrected chi connectivity index (χ0v) is 17.9. The Morgan fingerprint density at radius 2 is 1.81 bits per heavy atom. The van der Waals surface area contributed by atoms with Crippen molar-refractivity contribution in [1.29, 1.82) is 5.26 Å². The van der Waals surface area contributed by atoms with Gasteiger partial charge in [0.2, 0.25) is 0 Å². The number of hydrogen-bond acceptors (Lipinski definition) is 6. The molecule has 1 aliphatic heterocycles. The zero-order valence-electron chi connectivity index (χ0n) is 17.1. The maximum absolute atomic E-state index is 12.8. The smallest absolute Gasteiger partial charge is 0.266 e. The van der Waals surface area contributed by atoms with Crippen LogP contribution < -0.4 is 15.4 Å². The van der Waals surface area contributed by atoms with E-state index in [-0.39, 0.29) is 23.7 Å². The third kappa shape index (κ3) is 4.29. The van der Waals surface area contributed by atoms with Crippen molar-refractivity contribution in [1.82, 2.24) is 10.6 Å². The van der Waals surface area contributed by atoms with Crippen LogP contribution in [0, 0.1) is 11.3 Å². The molecule has 0 atom stereocenters. The summed E-state index contributed by atoms with van der Waals surface area (Å²) in [6.07, 6.45) is 0. The van der Waals surface area contributed by atoms with Gasteiger partial charge in [-0.3, -0.25) is 9.59 Å². The molecule has 3 aromatic rings. The van der Waals surface area contributed by atoms with E-state index < -0.39 is 5.91 Å². The topological polar surface area (TPSA) is 104 Å². The van der Waals surface area contributed by atoms with Crippen molar-refractivity contribution < 1.29 is 14.3 Å². The Hall–Kier alpha value is -4.22. The van der Waals surface area contributed by atoms with E-state index in [1.54, 1.807) is 49.6 Å². The van der Waals surface area contributed by atoms with E-state index in [2.05, 4.69) is 15.6 Å². The highest BCUT2D eigenvalue weighted by atomic mass is 32.1. The van der Waals surface area contributed by atoms with Gasteiger partial charge < -0.3 is 15.4 Å². The van der Waals surface area contributed by atoms with Gasteiger partial charge >= 0.3 is 0 Å². The fourth-order valence-corrected chi connectivity index (χ4v) is 3.84. The van der Waals surface area contributed by atoms with Gasteiger partial charge in [-0.05, 0) is 29.1 Å². The molecular weight excluding hydrogens is 424 g/mol. The van der Waals surface area contributed by atoms with Crippen LogP contribution in [0.2, 0.25) is 0 Å². The fourth-order valence-electron chi connectivity index (χ4n) is 3.22. The van der Waals surface area contributed by atoms with Crippen LogP contribution in [0.3, 0.4) is 0 Å². The Labute approximate surface area is 188 Å². The second-order valence-corrected chi connectivity index (χ2v) is 7.75. The molecule has 0 unspecified atom stereocenters. The average Bonchev–Trinajstić information content (AvgIpc) is 3.48. The summed E-state index contributed by atoms with van der Waals surface area (Å²) >= 11 is 1.32. The average molecular weight is 443 g/mol. The molecule has 0 saturated heterocycles. The van der Waals surface area contributed by atoms with Gasteiger partial charge in [-0.2, -0.15) is 5.26 Å². The van der Waals surface area contributed by atoms with Gasteiger partial charge in [0.15, 0.2) is 0 Å². The predicted octanol–water partition coefficient (Wildman–Crippen LogP) is 3.50. The van der Waals surface area contributed by atoms with Gasteiger partial charge in [0.1, 0.15) is 23.2 Å². The summed E-state index contributed by atoms with van der Waals surface area (Å²) in [5, 5.41) is 17.1. The number of methoxy groups -OCH3 is 1. The maximum atomic E-state index is 12.8. The van der Waals surface area contributed by atoms with Crippen molar-refractivity contribution >= 4 is 34.7 Å². The normalized spacial score (nSPS) is 13.4. The van der Waals surface area contributed by atoms with Crippen LogP contribution in [0.4, 0.5) is 0 Å². The fraction of sp³-hybridized carbons (Fsp3) is 0.0833. The highest BCUT2D eigenvalue weighted by Gasteiger charge is 2.27. The Morgan fingerprint density at radius 3 is 2.47 bits per heavy atom. The van der Waals surface area contributed by atoms with Gasteiger partial charge in [-0.15, -0.1) is 11.3 Å². The number of rotatable bonds is 5. The number of fused-ring (bicyclic) bond motifs is 1. The van der Waals surface area contributed by atoms with Gasteiger partial charge in [-0.25, -0.2) is 4.99 Å². The molecule has 2 amide bonds. The van der Waals surface area contributed by atoms with E-state index in [0.29, 0.717) is 27.6 Å². The lowest BCUT2D eigenvalue weighted by Crippen LogP contribution is -2.29. The van der Waals surface area contributed by atoms with Crippen LogP contribution in [0.25, 0.3) is 5.70 Å². The number of nitrogens with one attached hydrogen (secondary N) is 2. The minimum Gasteiger partial charge on any atom is -0.497 e. The maximum Gasteiger partial charge on any atom is 0.266 e. The molecule has 4 rings (SSSR count). The van der Waals surface area contributed by atoms with Crippen LogP contribution in [-0.4, -0.2) is 24.8 Å².